The first kappa shape index (κ1) is 18.8. The molecule has 2 heterocycles. The van der Waals surface area contributed by atoms with Crippen molar-refractivity contribution in [3.8, 4) is 23.3 Å². The molecule has 0 aliphatic heterocycles. The minimum Gasteiger partial charge on any atom is -0.479 e. The van der Waals surface area contributed by atoms with Gasteiger partial charge in [-0.3, -0.25) is 0 Å². The normalized spacial score (nSPS) is 11.8. The zero-order chi connectivity index (χ0) is 20.2. The molecular weight excluding hydrogens is 396 g/mol. The number of benzene rings is 2. The maximum atomic E-state index is 12.0. The highest BCUT2D eigenvalue weighted by Crippen LogP contribution is 2.25. The lowest BCUT2D eigenvalue weighted by Gasteiger charge is -2.13. The fourth-order valence-electron chi connectivity index (χ4n) is 2.48. The van der Waals surface area contributed by atoms with Crippen LogP contribution in [0.15, 0.2) is 71.5 Å². The first-order chi connectivity index (χ1) is 14.1. The molecule has 8 heteroatoms. The summed E-state index contributed by atoms with van der Waals surface area (Å²) in [5, 5.41) is 0.596. The van der Waals surface area contributed by atoms with Crippen LogP contribution in [0.3, 0.4) is 0 Å². The van der Waals surface area contributed by atoms with Crippen LogP contribution in [-0.4, -0.2) is 22.0 Å². The van der Waals surface area contributed by atoms with E-state index < -0.39 is 12.1 Å². The number of aromatic nitrogens is 2. The number of ether oxygens (including phenoxy) is 3. The van der Waals surface area contributed by atoms with Crippen molar-refractivity contribution in [2.75, 3.05) is 0 Å². The van der Waals surface area contributed by atoms with E-state index in [0.29, 0.717) is 33.4 Å². The van der Waals surface area contributed by atoms with E-state index >= 15 is 0 Å². The molecule has 0 aliphatic carbocycles. The quantitative estimate of drug-likeness (QED) is 0.411. The minimum atomic E-state index is -0.815. The number of halogens is 1. The lowest BCUT2D eigenvalue weighted by atomic mass is 10.3. The minimum absolute atomic E-state index is 0.118. The number of fused-ring (bicyclic) bond motifs is 1. The van der Waals surface area contributed by atoms with Gasteiger partial charge < -0.3 is 18.6 Å². The number of carbonyl (C=O) groups excluding carboxylic acids is 1. The Balaban J connectivity index is 1.38. The van der Waals surface area contributed by atoms with Crippen LogP contribution in [0.25, 0.3) is 11.0 Å². The third kappa shape index (κ3) is 4.64. The van der Waals surface area contributed by atoms with E-state index in [2.05, 4.69) is 9.97 Å². The van der Waals surface area contributed by atoms with Gasteiger partial charge in [-0.2, -0.15) is 0 Å². The molecule has 29 heavy (non-hydrogen) atoms. The maximum absolute atomic E-state index is 12.0. The molecule has 4 rings (SSSR count). The van der Waals surface area contributed by atoms with Crippen molar-refractivity contribution in [2.45, 2.75) is 13.0 Å². The van der Waals surface area contributed by atoms with Crippen LogP contribution in [0.2, 0.25) is 5.02 Å². The molecule has 146 valence electrons. The first-order valence-electron chi connectivity index (χ1n) is 8.69. The van der Waals surface area contributed by atoms with Gasteiger partial charge in [-0.05, 0) is 55.5 Å². The van der Waals surface area contributed by atoms with E-state index in [-0.39, 0.29) is 5.95 Å². The fourth-order valence-corrected chi connectivity index (χ4v) is 2.65. The number of rotatable bonds is 6. The summed E-state index contributed by atoms with van der Waals surface area (Å²) >= 11 is 5.95. The van der Waals surface area contributed by atoms with Gasteiger partial charge in [0.1, 0.15) is 11.5 Å². The Hall–Kier alpha value is -3.58. The van der Waals surface area contributed by atoms with Crippen LogP contribution >= 0.6 is 11.6 Å². The molecule has 0 saturated heterocycles. The summed E-state index contributed by atoms with van der Waals surface area (Å²) in [4.78, 5) is 20.7. The molecular formula is C21H15ClN2O5. The van der Waals surface area contributed by atoms with Gasteiger partial charge in [-0.15, -0.1) is 0 Å². The number of hydrogen-bond acceptors (Lipinski definition) is 7. The number of furan rings is 1. The van der Waals surface area contributed by atoms with Crippen molar-refractivity contribution in [3.05, 3.63) is 72.1 Å². The molecule has 0 aliphatic rings. The number of nitrogens with zero attached hydrogens (tertiary/aromatic N) is 2. The molecule has 0 fully saturated rings. The van der Waals surface area contributed by atoms with Crippen LogP contribution in [-0.2, 0) is 4.79 Å². The third-order valence-electron chi connectivity index (χ3n) is 3.87. The van der Waals surface area contributed by atoms with Crippen molar-refractivity contribution in [1.82, 2.24) is 9.97 Å². The molecule has 0 radical (unpaired) electrons. The Labute approximate surface area is 170 Å². The van der Waals surface area contributed by atoms with Crippen molar-refractivity contribution < 1.29 is 23.4 Å². The van der Waals surface area contributed by atoms with Crippen molar-refractivity contribution >= 4 is 28.6 Å². The van der Waals surface area contributed by atoms with Crippen LogP contribution in [0, 0.1) is 0 Å². The maximum Gasteiger partial charge on any atom is 0.354 e. The standard InChI is InChI=1S/C21H15ClN2O5/c1-13(21(25)29-20-3-2-10-26-20)27-15-5-7-16(8-6-15)28-19-12-23-18-11-14(22)4-9-17(18)24-19/h2-13H,1H3/t13-/m1/s1. The molecule has 2 aromatic heterocycles. The highest BCUT2D eigenvalue weighted by molar-refractivity contribution is 6.31. The van der Waals surface area contributed by atoms with E-state index in [4.69, 9.17) is 30.2 Å². The summed E-state index contributed by atoms with van der Waals surface area (Å²) in [6.45, 7) is 1.59. The smallest absolute Gasteiger partial charge is 0.354 e. The van der Waals surface area contributed by atoms with Gasteiger partial charge >= 0.3 is 5.97 Å². The van der Waals surface area contributed by atoms with Crippen LogP contribution in [0.4, 0.5) is 0 Å². The lowest BCUT2D eigenvalue weighted by molar-refractivity contribution is -0.142. The molecule has 0 spiro atoms. The second-order valence-corrected chi connectivity index (χ2v) is 6.46. The van der Waals surface area contributed by atoms with Crippen LogP contribution < -0.4 is 14.2 Å². The van der Waals surface area contributed by atoms with Gasteiger partial charge in [-0.1, -0.05) is 11.6 Å². The van der Waals surface area contributed by atoms with Gasteiger partial charge in [0.15, 0.2) is 6.10 Å². The monoisotopic (exact) mass is 410 g/mol. The average molecular weight is 411 g/mol. The predicted octanol–water partition coefficient (Wildman–Crippen LogP) is 5.04. The topological polar surface area (TPSA) is 83.7 Å². The fraction of sp³-hybridized carbons (Fsp3) is 0.0952. The number of hydrogen-bond donors (Lipinski definition) is 0. The summed E-state index contributed by atoms with van der Waals surface area (Å²) in [7, 11) is 0. The lowest BCUT2D eigenvalue weighted by Crippen LogP contribution is -2.28. The third-order valence-corrected chi connectivity index (χ3v) is 4.10. The van der Waals surface area contributed by atoms with Gasteiger partial charge in [0.05, 0.1) is 23.5 Å². The first-order valence-corrected chi connectivity index (χ1v) is 9.07. The molecule has 2 aromatic carbocycles. The largest absolute Gasteiger partial charge is 0.479 e. The zero-order valence-electron chi connectivity index (χ0n) is 15.2. The van der Waals surface area contributed by atoms with Crippen molar-refractivity contribution in [1.29, 1.82) is 0 Å². The Bertz CT molecular complexity index is 1130. The number of carbonyl (C=O) groups is 1. The van der Waals surface area contributed by atoms with Gasteiger partial charge in [-0.25, -0.2) is 14.8 Å². The van der Waals surface area contributed by atoms with E-state index in [1.807, 2.05) is 0 Å². The van der Waals surface area contributed by atoms with Crippen molar-refractivity contribution in [2.24, 2.45) is 0 Å². The Morgan fingerprint density at radius 2 is 1.86 bits per heavy atom. The zero-order valence-corrected chi connectivity index (χ0v) is 16.0. The average Bonchev–Trinajstić information content (AvgIpc) is 3.22. The van der Waals surface area contributed by atoms with Gasteiger partial charge in [0.2, 0.25) is 5.88 Å². The Morgan fingerprint density at radius 3 is 2.62 bits per heavy atom. The molecule has 1 atom stereocenters. The van der Waals surface area contributed by atoms with Crippen LogP contribution in [0.1, 0.15) is 6.92 Å². The second kappa shape index (κ2) is 8.20. The van der Waals surface area contributed by atoms with Crippen LogP contribution in [0.5, 0.6) is 23.3 Å². The molecule has 4 aromatic rings. The molecule has 0 N–H and O–H groups in total. The van der Waals surface area contributed by atoms with Crippen molar-refractivity contribution in [3.63, 3.8) is 0 Å². The second-order valence-electron chi connectivity index (χ2n) is 6.03. The predicted molar refractivity (Wildman–Crippen MR) is 105 cm³/mol. The summed E-state index contributed by atoms with van der Waals surface area (Å²) < 4.78 is 21.3. The summed E-state index contributed by atoms with van der Waals surface area (Å²) in [6, 6.07) is 15.2. The van der Waals surface area contributed by atoms with Gasteiger partial charge in [0, 0.05) is 11.1 Å². The summed E-state index contributed by atoms with van der Waals surface area (Å²) in [6.07, 6.45) is 2.13. The molecule has 0 unspecified atom stereocenters. The molecule has 0 saturated carbocycles. The van der Waals surface area contributed by atoms with E-state index in [1.54, 1.807) is 61.5 Å². The molecule has 7 nitrogen and oxygen atoms in total. The highest BCUT2D eigenvalue weighted by atomic mass is 35.5. The number of esters is 1. The van der Waals surface area contributed by atoms with Gasteiger partial charge in [0.25, 0.3) is 5.95 Å². The Morgan fingerprint density at radius 1 is 1.07 bits per heavy atom. The highest BCUT2D eigenvalue weighted by Gasteiger charge is 2.18. The summed E-state index contributed by atoms with van der Waals surface area (Å²) in [5.41, 5.74) is 1.36. The molecule has 0 bridgehead atoms. The Kier molecular flexibility index (Phi) is 5.31. The van der Waals surface area contributed by atoms with E-state index in [9.17, 15) is 4.79 Å². The summed E-state index contributed by atoms with van der Waals surface area (Å²) in [5.74, 6) is 0.940. The molecule has 0 amide bonds. The van der Waals surface area contributed by atoms with E-state index in [1.165, 1.54) is 12.5 Å². The van der Waals surface area contributed by atoms with E-state index in [0.717, 1.165) is 0 Å². The SMILES string of the molecule is C[C@@H](Oc1ccc(Oc2cnc3cc(Cl)ccc3n2)cc1)C(=O)Oc1ccco1.